The van der Waals surface area contributed by atoms with Crippen LogP contribution in [0, 0.1) is 0 Å². The van der Waals surface area contributed by atoms with E-state index in [0.29, 0.717) is 16.7 Å². The summed E-state index contributed by atoms with van der Waals surface area (Å²) in [7, 11) is 1.40. The predicted molar refractivity (Wildman–Crippen MR) is 64.1 cm³/mol. The van der Waals surface area contributed by atoms with E-state index >= 15 is 0 Å². The summed E-state index contributed by atoms with van der Waals surface area (Å²) in [6, 6.07) is 9.06. The fraction of sp³-hybridized carbons (Fsp3) is 0.143. The SMILES string of the molecule is COC1=C(c2ccccc2)C(=O)C=C(C)C1=O. The number of ketones is 2. The van der Waals surface area contributed by atoms with Gasteiger partial charge in [-0.15, -0.1) is 0 Å². The van der Waals surface area contributed by atoms with E-state index in [1.54, 1.807) is 19.1 Å². The summed E-state index contributed by atoms with van der Waals surface area (Å²) in [5.41, 5.74) is 1.45. The smallest absolute Gasteiger partial charge is 0.224 e. The number of benzene rings is 1. The number of carbonyl (C=O) groups is 2. The standard InChI is InChI=1S/C14H12O3/c1-9-8-11(15)12(14(17-2)13(9)16)10-6-4-3-5-7-10/h3-8H,1-2H3. The molecule has 0 amide bonds. The Labute approximate surface area is 99.4 Å². The molecule has 0 bridgehead atoms. The molecule has 86 valence electrons. The average Bonchev–Trinajstić information content (AvgIpc) is 2.34. The van der Waals surface area contributed by atoms with Crippen molar-refractivity contribution in [2.45, 2.75) is 6.92 Å². The van der Waals surface area contributed by atoms with E-state index < -0.39 is 0 Å². The molecule has 1 aliphatic rings. The van der Waals surface area contributed by atoms with Gasteiger partial charge < -0.3 is 4.74 Å². The van der Waals surface area contributed by atoms with Gasteiger partial charge in [-0.25, -0.2) is 0 Å². The molecule has 1 aromatic carbocycles. The molecule has 2 rings (SSSR count). The van der Waals surface area contributed by atoms with E-state index in [0.717, 1.165) is 0 Å². The first-order chi connectivity index (χ1) is 8.15. The maximum atomic E-state index is 12.0. The minimum absolute atomic E-state index is 0.126. The quantitative estimate of drug-likeness (QED) is 0.728. The summed E-state index contributed by atoms with van der Waals surface area (Å²) in [5, 5.41) is 0. The maximum absolute atomic E-state index is 12.0. The lowest BCUT2D eigenvalue weighted by atomic mass is 9.91. The van der Waals surface area contributed by atoms with Gasteiger partial charge in [-0.05, 0) is 18.6 Å². The monoisotopic (exact) mass is 228 g/mol. The lowest BCUT2D eigenvalue weighted by molar-refractivity contribution is -0.117. The van der Waals surface area contributed by atoms with Crippen LogP contribution in [0.3, 0.4) is 0 Å². The van der Waals surface area contributed by atoms with Crippen molar-refractivity contribution in [2.75, 3.05) is 7.11 Å². The zero-order chi connectivity index (χ0) is 12.4. The predicted octanol–water partition coefficient (Wildman–Crippen LogP) is 2.14. The molecule has 0 spiro atoms. The van der Waals surface area contributed by atoms with Crippen LogP contribution in [-0.4, -0.2) is 18.7 Å². The molecule has 1 aliphatic carbocycles. The van der Waals surface area contributed by atoms with Gasteiger partial charge in [-0.3, -0.25) is 9.59 Å². The zero-order valence-corrected chi connectivity index (χ0v) is 9.69. The number of hydrogen-bond donors (Lipinski definition) is 0. The Morgan fingerprint density at radius 2 is 1.71 bits per heavy atom. The zero-order valence-electron chi connectivity index (χ0n) is 9.69. The normalized spacial score (nSPS) is 16.0. The Balaban J connectivity index is 2.61. The Hall–Kier alpha value is -2.16. The Morgan fingerprint density at radius 1 is 1.06 bits per heavy atom. The van der Waals surface area contributed by atoms with E-state index in [1.807, 2.05) is 18.2 Å². The molecule has 0 unspecified atom stereocenters. The molecule has 0 heterocycles. The molecule has 17 heavy (non-hydrogen) atoms. The first-order valence-electron chi connectivity index (χ1n) is 5.26. The van der Waals surface area contributed by atoms with E-state index in [1.165, 1.54) is 13.2 Å². The molecule has 0 radical (unpaired) electrons. The Kier molecular flexibility index (Phi) is 2.91. The first-order valence-corrected chi connectivity index (χ1v) is 5.26. The number of hydrogen-bond acceptors (Lipinski definition) is 3. The van der Waals surface area contributed by atoms with Crippen molar-refractivity contribution in [2.24, 2.45) is 0 Å². The van der Waals surface area contributed by atoms with Gasteiger partial charge in [0, 0.05) is 5.57 Å². The third kappa shape index (κ3) is 1.91. The second-order valence-corrected chi connectivity index (χ2v) is 3.79. The van der Waals surface area contributed by atoms with Crippen molar-refractivity contribution in [3.8, 4) is 0 Å². The number of rotatable bonds is 2. The van der Waals surface area contributed by atoms with Gasteiger partial charge in [0.05, 0.1) is 12.7 Å². The summed E-state index contributed by atoms with van der Waals surface area (Å²) in [5.74, 6) is -0.294. The molecule has 0 saturated carbocycles. The molecular formula is C14H12O3. The summed E-state index contributed by atoms with van der Waals surface area (Å²) in [4.78, 5) is 23.8. The summed E-state index contributed by atoms with van der Waals surface area (Å²) in [6.45, 7) is 1.61. The van der Waals surface area contributed by atoms with E-state index in [4.69, 9.17) is 4.74 Å². The minimum atomic E-state index is -0.231. The molecule has 0 aromatic heterocycles. The van der Waals surface area contributed by atoms with Crippen LogP contribution in [-0.2, 0) is 14.3 Å². The number of methoxy groups -OCH3 is 1. The van der Waals surface area contributed by atoms with Crippen molar-refractivity contribution < 1.29 is 14.3 Å². The highest BCUT2D eigenvalue weighted by Crippen LogP contribution is 2.27. The Bertz CT molecular complexity index is 536. The van der Waals surface area contributed by atoms with Gasteiger partial charge in [0.15, 0.2) is 11.5 Å². The second kappa shape index (κ2) is 4.37. The summed E-state index contributed by atoms with van der Waals surface area (Å²) >= 11 is 0. The lowest BCUT2D eigenvalue weighted by Gasteiger charge is -2.16. The van der Waals surface area contributed by atoms with Crippen LogP contribution in [0.5, 0.6) is 0 Å². The number of allylic oxidation sites excluding steroid dienone is 3. The van der Waals surface area contributed by atoms with E-state index in [2.05, 4.69) is 0 Å². The van der Waals surface area contributed by atoms with Crippen LogP contribution in [0.25, 0.3) is 5.57 Å². The molecule has 3 heteroatoms. The minimum Gasteiger partial charge on any atom is -0.492 e. The molecular weight excluding hydrogens is 216 g/mol. The van der Waals surface area contributed by atoms with E-state index in [9.17, 15) is 9.59 Å². The molecule has 0 fully saturated rings. The fourth-order valence-electron chi connectivity index (χ4n) is 1.81. The largest absolute Gasteiger partial charge is 0.492 e. The third-order valence-corrected chi connectivity index (χ3v) is 2.65. The van der Waals surface area contributed by atoms with E-state index in [-0.39, 0.29) is 17.3 Å². The topological polar surface area (TPSA) is 43.4 Å². The van der Waals surface area contributed by atoms with Crippen molar-refractivity contribution >= 4 is 17.1 Å². The molecule has 1 aromatic rings. The lowest BCUT2D eigenvalue weighted by Crippen LogP contribution is -2.18. The molecule has 0 atom stereocenters. The van der Waals surface area contributed by atoms with Crippen molar-refractivity contribution in [3.63, 3.8) is 0 Å². The van der Waals surface area contributed by atoms with Crippen LogP contribution in [0.1, 0.15) is 12.5 Å². The molecule has 3 nitrogen and oxygen atoms in total. The third-order valence-electron chi connectivity index (χ3n) is 2.65. The van der Waals surface area contributed by atoms with Crippen molar-refractivity contribution in [3.05, 3.63) is 53.3 Å². The summed E-state index contributed by atoms with van der Waals surface area (Å²) in [6.07, 6.45) is 1.35. The number of carbonyl (C=O) groups excluding carboxylic acids is 2. The highest BCUT2D eigenvalue weighted by Gasteiger charge is 2.28. The molecule has 0 saturated heterocycles. The highest BCUT2D eigenvalue weighted by molar-refractivity contribution is 6.36. The van der Waals surface area contributed by atoms with Crippen LogP contribution in [0.15, 0.2) is 47.7 Å². The van der Waals surface area contributed by atoms with Crippen molar-refractivity contribution in [1.82, 2.24) is 0 Å². The van der Waals surface area contributed by atoms with Gasteiger partial charge in [-0.1, -0.05) is 30.3 Å². The average molecular weight is 228 g/mol. The van der Waals surface area contributed by atoms with Crippen LogP contribution >= 0.6 is 0 Å². The fourth-order valence-corrected chi connectivity index (χ4v) is 1.81. The first kappa shape index (κ1) is 11.3. The second-order valence-electron chi connectivity index (χ2n) is 3.79. The molecule has 0 N–H and O–H groups in total. The number of ether oxygens (including phenoxy) is 1. The molecule has 0 aliphatic heterocycles. The van der Waals surface area contributed by atoms with Crippen LogP contribution in [0.2, 0.25) is 0 Å². The van der Waals surface area contributed by atoms with Gasteiger partial charge in [0.2, 0.25) is 5.78 Å². The van der Waals surface area contributed by atoms with Crippen LogP contribution in [0.4, 0.5) is 0 Å². The van der Waals surface area contributed by atoms with Gasteiger partial charge in [0.1, 0.15) is 0 Å². The number of Topliss-reactive ketones (excluding diaryl/α,β-unsaturated/α-hetero) is 1. The highest BCUT2D eigenvalue weighted by atomic mass is 16.5. The van der Waals surface area contributed by atoms with Gasteiger partial charge in [-0.2, -0.15) is 0 Å². The van der Waals surface area contributed by atoms with Crippen LogP contribution < -0.4 is 0 Å². The van der Waals surface area contributed by atoms with Crippen molar-refractivity contribution in [1.29, 1.82) is 0 Å². The summed E-state index contributed by atoms with van der Waals surface area (Å²) < 4.78 is 5.08. The Morgan fingerprint density at radius 3 is 2.29 bits per heavy atom. The van der Waals surface area contributed by atoms with Gasteiger partial charge in [0.25, 0.3) is 0 Å². The maximum Gasteiger partial charge on any atom is 0.224 e. The van der Waals surface area contributed by atoms with Gasteiger partial charge >= 0.3 is 0 Å².